The first-order chi connectivity index (χ1) is 7.29. The van der Waals surface area contributed by atoms with Gasteiger partial charge in [-0.3, -0.25) is 0 Å². The molecule has 0 aliphatic carbocycles. The highest BCUT2D eigenvalue weighted by molar-refractivity contribution is 5.36. The van der Waals surface area contributed by atoms with E-state index in [2.05, 4.69) is 25.2 Å². The van der Waals surface area contributed by atoms with Gasteiger partial charge in [-0.25, -0.2) is 0 Å². The van der Waals surface area contributed by atoms with Gasteiger partial charge in [0.15, 0.2) is 0 Å². The first-order valence-corrected chi connectivity index (χ1v) is 5.03. The molecule has 1 aromatic heterocycles. The molecule has 0 spiro atoms. The summed E-state index contributed by atoms with van der Waals surface area (Å²) in [6.45, 7) is 5.02. The lowest BCUT2D eigenvalue weighted by atomic mass is 10.4. The van der Waals surface area contributed by atoms with Crippen LogP contribution in [0.3, 0.4) is 0 Å². The summed E-state index contributed by atoms with van der Waals surface area (Å²) >= 11 is 0. The van der Waals surface area contributed by atoms with E-state index in [9.17, 15) is 0 Å². The first kappa shape index (κ1) is 10.1. The third-order valence-corrected chi connectivity index (χ3v) is 2.25. The molecule has 0 amide bonds. The molecule has 2 heterocycles. The van der Waals surface area contributed by atoms with Crippen LogP contribution in [0.5, 0.6) is 0 Å². The summed E-state index contributed by atoms with van der Waals surface area (Å²) in [7, 11) is 1.80. The van der Waals surface area contributed by atoms with Crippen molar-refractivity contribution in [1.29, 1.82) is 0 Å². The van der Waals surface area contributed by atoms with E-state index in [4.69, 9.17) is 4.74 Å². The SMILES string of the molecule is CNc1nc(C)nc(N2CCOCC2)n1. The summed E-state index contributed by atoms with van der Waals surface area (Å²) in [5.41, 5.74) is 0. The van der Waals surface area contributed by atoms with E-state index in [1.807, 2.05) is 6.92 Å². The number of ether oxygens (including phenoxy) is 1. The lowest BCUT2D eigenvalue weighted by molar-refractivity contribution is 0.122. The molecule has 0 radical (unpaired) electrons. The molecule has 6 heteroatoms. The van der Waals surface area contributed by atoms with E-state index in [1.54, 1.807) is 7.05 Å². The minimum Gasteiger partial charge on any atom is -0.378 e. The number of aryl methyl sites for hydroxylation is 1. The maximum absolute atomic E-state index is 5.28. The summed E-state index contributed by atoms with van der Waals surface area (Å²) in [6, 6.07) is 0. The van der Waals surface area contributed by atoms with Crippen molar-refractivity contribution in [3.05, 3.63) is 5.82 Å². The molecule has 15 heavy (non-hydrogen) atoms. The molecule has 1 aliphatic heterocycles. The van der Waals surface area contributed by atoms with Gasteiger partial charge in [0.1, 0.15) is 5.82 Å². The lowest BCUT2D eigenvalue weighted by Gasteiger charge is -2.26. The van der Waals surface area contributed by atoms with Crippen molar-refractivity contribution in [3.63, 3.8) is 0 Å². The van der Waals surface area contributed by atoms with Crippen LogP contribution in [0.2, 0.25) is 0 Å². The van der Waals surface area contributed by atoms with Gasteiger partial charge in [-0.1, -0.05) is 0 Å². The van der Waals surface area contributed by atoms with Crippen molar-refractivity contribution in [2.75, 3.05) is 43.6 Å². The first-order valence-electron chi connectivity index (χ1n) is 5.03. The quantitative estimate of drug-likeness (QED) is 0.743. The van der Waals surface area contributed by atoms with Crippen LogP contribution in [0, 0.1) is 6.92 Å². The summed E-state index contributed by atoms with van der Waals surface area (Å²) in [6.07, 6.45) is 0. The summed E-state index contributed by atoms with van der Waals surface area (Å²) in [5.74, 6) is 2.08. The Labute approximate surface area is 88.7 Å². The van der Waals surface area contributed by atoms with E-state index >= 15 is 0 Å². The molecule has 0 atom stereocenters. The monoisotopic (exact) mass is 209 g/mol. The highest BCUT2D eigenvalue weighted by atomic mass is 16.5. The predicted octanol–water partition coefficient (Wildman–Crippen LogP) is 0.0583. The second kappa shape index (κ2) is 4.39. The molecule has 1 fully saturated rings. The Balaban J connectivity index is 2.22. The topological polar surface area (TPSA) is 63.2 Å². The molecule has 1 saturated heterocycles. The van der Waals surface area contributed by atoms with Gasteiger partial charge in [-0.05, 0) is 6.92 Å². The minimum absolute atomic E-state index is 0.615. The molecule has 0 aromatic carbocycles. The maximum Gasteiger partial charge on any atom is 0.230 e. The Bertz CT molecular complexity index is 337. The Morgan fingerprint density at radius 3 is 2.60 bits per heavy atom. The largest absolute Gasteiger partial charge is 0.378 e. The van der Waals surface area contributed by atoms with Gasteiger partial charge in [-0.15, -0.1) is 0 Å². The van der Waals surface area contributed by atoms with E-state index in [0.29, 0.717) is 5.95 Å². The van der Waals surface area contributed by atoms with Gasteiger partial charge in [0.25, 0.3) is 0 Å². The summed E-state index contributed by atoms with van der Waals surface area (Å²) in [4.78, 5) is 14.9. The lowest BCUT2D eigenvalue weighted by Crippen LogP contribution is -2.37. The van der Waals surface area contributed by atoms with Gasteiger partial charge in [-0.2, -0.15) is 15.0 Å². The molecule has 2 rings (SSSR count). The molecular weight excluding hydrogens is 194 g/mol. The van der Waals surface area contributed by atoms with Crippen molar-refractivity contribution < 1.29 is 4.74 Å². The van der Waals surface area contributed by atoms with Gasteiger partial charge >= 0.3 is 0 Å². The molecule has 1 N–H and O–H groups in total. The number of morpholine rings is 1. The maximum atomic E-state index is 5.28. The van der Waals surface area contributed by atoms with Gasteiger partial charge in [0, 0.05) is 20.1 Å². The predicted molar refractivity (Wildman–Crippen MR) is 57.1 cm³/mol. The molecule has 1 aromatic rings. The number of rotatable bonds is 2. The fourth-order valence-corrected chi connectivity index (χ4v) is 1.48. The van der Waals surface area contributed by atoms with Crippen molar-refractivity contribution in [2.45, 2.75) is 6.92 Å². The minimum atomic E-state index is 0.615. The van der Waals surface area contributed by atoms with Gasteiger partial charge in [0.05, 0.1) is 13.2 Å². The number of nitrogens with one attached hydrogen (secondary N) is 1. The third-order valence-electron chi connectivity index (χ3n) is 2.25. The van der Waals surface area contributed by atoms with Crippen molar-refractivity contribution in [1.82, 2.24) is 15.0 Å². The van der Waals surface area contributed by atoms with E-state index < -0.39 is 0 Å². The van der Waals surface area contributed by atoms with E-state index in [0.717, 1.165) is 38.1 Å². The molecular formula is C9H15N5O. The smallest absolute Gasteiger partial charge is 0.230 e. The Kier molecular flexibility index (Phi) is 2.96. The van der Waals surface area contributed by atoms with Gasteiger partial charge in [0.2, 0.25) is 11.9 Å². The zero-order valence-corrected chi connectivity index (χ0v) is 9.03. The Morgan fingerprint density at radius 1 is 1.20 bits per heavy atom. The van der Waals surface area contributed by atoms with Crippen molar-refractivity contribution in [2.24, 2.45) is 0 Å². The highest BCUT2D eigenvalue weighted by Crippen LogP contribution is 2.11. The zero-order chi connectivity index (χ0) is 10.7. The van der Waals surface area contributed by atoms with E-state index in [-0.39, 0.29) is 0 Å². The third kappa shape index (κ3) is 2.33. The van der Waals surface area contributed by atoms with Crippen molar-refractivity contribution >= 4 is 11.9 Å². The Hall–Kier alpha value is -1.43. The van der Waals surface area contributed by atoms with Crippen LogP contribution in [-0.2, 0) is 4.74 Å². The average molecular weight is 209 g/mol. The number of hydrogen-bond acceptors (Lipinski definition) is 6. The fraction of sp³-hybridized carbons (Fsp3) is 0.667. The Morgan fingerprint density at radius 2 is 1.93 bits per heavy atom. The molecule has 0 bridgehead atoms. The average Bonchev–Trinajstić information content (AvgIpc) is 2.29. The molecule has 0 saturated carbocycles. The van der Waals surface area contributed by atoms with Gasteiger partial charge < -0.3 is 15.0 Å². The summed E-state index contributed by atoms with van der Waals surface area (Å²) < 4.78 is 5.28. The molecule has 6 nitrogen and oxygen atoms in total. The van der Waals surface area contributed by atoms with Crippen LogP contribution in [0.4, 0.5) is 11.9 Å². The number of nitrogens with zero attached hydrogens (tertiary/aromatic N) is 4. The van der Waals surface area contributed by atoms with Crippen molar-refractivity contribution in [3.8, 4) is 0 Å². The number of anilines is 2. The second-order valence-electron chi connectivity index (χ2n) is 3.36. The fourth-order valence-electron chi connectivity index (χ4n) is 1.48. The van der Waals surface area contributed by atoms with Crippen LogP contribution in [0.15, 0.2) is 0 Å². The highest BCUT2D eigenvalue weighted by Gasteiger charge is 2.14. The second-order valence-corrected chi connectivity index (χ2v) is 3.36. The molecule has 1 aliphatic rings. The number of hydrogen-bond donors (Lipinski definition) is 1. The normalized spacial score (nSPS) is 16.5. The van der Waals surface area contributed by atoms with Crippen LogP contribution < -0.4 is 10.2 Å². The van der Waals surface area contributed by atoms with Crippen LogP contribution in [-0.4, -0.2) is 48.3 Å². The van der Waals surface area contributed by atoms with Crippen LogP contribution in [0.25, 0.3) is 0 Å². The van der Waals surface area contributed by atoms with E-state index in [1.165, 1.54) is 0 Å². The van der Waals surface area contributed by atoms with Crippen LogP contribution in [0.1, 0.15) is 5.82 Å². The van der Waals surface area contributed by atoms with Crippen LogP contribution >= 0.6 is 0 Å². The molecule has 0 unspecified atom stereocenters. The summed E-state index contributed by atoms with van der Waals surface area (Å²) in [5, 5.41) is 2.93. The molecule has 82 valence electrons. The zero-order valence-electron chi connectivity index (χ0n) is 9.03. The standard InChI is InChI=1S/C9H15N5O/c1-7-11-8(10-2)13-9(12-7)14-3-5-15-6-4-14/h3-6H2,1-2H3,(H,10,11,12,13). The number of aromatic nitrogens is 3.